The minimum absolute atomic E-state index is 0.112. The zero-order chi connectivity index (χ0) is 14.3. The molecule has 0 fully saturated rings. The van der Waals surface area contributed by atoms with E-state index in [2.05, 4.69) is 5.32 Å². The number of nitrogens with two attached hydrogens (primary N) is 1. The number of halogens is 1. The van der Waals surface area contributed by atoms with E-state index in [0.717, 1.165) is 0 Å². The van der Waals surface area contributed by atoms with E-state index in [0.29, 0.717) is 42.3 Å². The first-order valence-corrected chi connectivity index (χ1v) is 6.80. The maximum absolute atomic E-state index is 11.8. The number of hydrogen-bond donors (Lipinski definition) is 2. The molecule has 6 heteroatoms. The lowest BCUT2D eigenvalue weighted by molar-refractivity contribution is -0.116. The summed E-state index contributed by atoms with van der Waals surface area (Å²) in [4.78, 5) is 12.0. The highest BCUT2D eigenvalue weighted by molar-refractivity contribution is 7.80. The number of hydrogen-bond acceptors (Lipinski definition) is 3. The second-order valence-electron chi connectivity index (χ2n) is 3.90. The third-order valence-electron chi connectivity index (χ3n) is 2.42. The molecule has 0 unspecified atom stereocenters. The van der Waals surface area contributed by atoms with Gasteiger partial charge < -0.3 is 15.8 Å². The van der Waals surface area contributed by atoms with Crippen LogP contribution in [0.1, 0.15) is 25.3 Å². The van der Waals surface area contributed by atoms with Crippen molar-refractivity contribution >= 4 is 40.4 Å². The average Bonchev–Trinajstić information content (AvgIpc) is 2.34. The molecule has 19 heavy (non-hydrogen) atoms. The first kappa shape index (κ1) is 15.9. The van der Waals surface area contributed by atoms with Gasteiger partial charge in [-0.25, -0.2) is 0 Å². The van der Waals surface area contributed by atoms with Crippen molar-refractivity contribution in [3.8, 4) is 0 Å². The summed E-state index contributed by atoms with van der Waals surface area (Å²) in [6.45, 7) is 3.14. The molecule has 0 radical (unpaired) electrons. The fraction of sp³-hybridized carbons (Fsp3) is 0.385. The number of amides is 1. The molecule has 0 spiro atoms. The molecule has 0 heterocycles. The molecule has 1 aromatic rings. The van der Waals surface area contributed by atoms with Crippen LogP contribution in [0.5, 0.6) is 0 Å². The highest BCUT2D eigenvalue weighted by atomic mass is 35.5. The monoisotopic (exact) mass is 300 g/mol. The second kappa shape index (κ2) is 8.09. The fourth-order valence-corrected chi connectivity index (χ4v) is 1.88. The summed E-state index contributed by atoms with van der Waals surface area (Å²) in [5, 5.41) is 3.28. The number of ether oxygens (including phenoxy) is 1. The Bertz CT molecular complexity index is 466. The van der Waals surface area contributed by atoms with Gasteiger partial charge >= 0.3 is 0 Å². The van der Waals surface area contributed by atoms with Crippen molar-refractivity contribution in [2.75, 3.05) is 18.5 Å². The largest absolute Gasteiger partial charge is 0.389 e. The van der Waals surface area contributed by atoms with Gasteiger partial charge in [0.25, 0.3) is 0 Å². The maximum Gasteiger partial charge on any atom is 0.224 e. The van der Waals surface area contributed by atoms with Gasteiger partial charge in [0.05, 0.1) is 5.69 Å². The lowest BCUT2D eigenvalue weighted by Gasteiger charge is -2.10. The summed E-state index contributed by atoms with van der Waals surface area (Å²) in [6, 6.07) is 5.01. The van der Waals surface area contributed by atoms with Gasteiger partial charge in [-0.2, -0.15) is 0 Å². The van der Waals surface area contributed by atoms with Crippen molar-refractivity contribution in [1.82, 2.24) is 0 Å². The summed E-state index contributed by atoms with van der Waals surface area (Å²) < 4.78 is 5.17. The molecule has 0 aliphatic heterocycles. The van der Waals surface area contributed by atoms with Gasteiger partial charge in [0, 0.05) is 30.2 Å². The Balaban J connectivity index is 2.62. The average molecular weight is 301 g/mol. The topological polar surface area (TPSA) is 64.3 Å². The van der Waals surface area contributed by atoms with Crippen LogP contribution in [0.4, 0.5) is 5.69 Å². The van der Waals surface area contributed by atoms with Gasteiger partial charge in [-0.15, -0.1) is 0 Å². The molecule has 104 valence electrons. The highest BCUT2D eigenvalue weighted by Gasteiger charge is 2.09. The van der Waals surface area contributed by atoms with Crippen molar-refractivity contribution in [3.05, 3.63) is 28.8 Å². The van der Waals surface area contributed by atoms with Crippen LogP contribution in [-0.2, 0) is 9.53 Å². The molecule has 0 bridgehead atoms. The third-order valence-corrected chi connectivity index (χ3v) is 2.87. The molecule has 4 nitrogen and oxygen atoms in total. The van der Waals surface area contributed by atoms with Crippen molar-refractivity contribution in [2.24, 2.45) is 5.73 Å². The van der Waals surface area contributed by atoms with Crippen LogP contribution in [0.2, 0.25) is 5.02 Å². The van der Waals surface area contributed by atoms with E-state index in [1.54, 1.807) is 18.2 Å². The van der Waals surface area contributed by atoms with E-state index in [4.69, 9.17) is 34.3 Å². The molecule has 1 amide bonds. The molecule has 1 rings (SSSR count). The zero-order valence-corrected chi connectivity index (χ0v) is 12.3. The van der Waals surface area contributed by atoms with Crippen LogP contribution < -0.4 is 11.1 Å². The molecule has 0 aliphatic carbocycles. The molecule has 1 aromatic carbocycles. The van der Waals surface area contributed by atoms with Crippen molar-refractivity contribution in [2.45, 2.75) is 19.8 Å². The summed E-state index contributed by atoms with van der Waals surface area (Å²) >= 11 is 10.8. The van der Waals surface area contributed by atoms with Gasteiger partial charge in [-0.1, -0.05) is 23.8 Å². The molecule has 0 aliphatic rings. The molecular weight excluding hydrogens is 284 g/mol. The van der Waals surface area contributed by atoms with E-state index in [-0.39, 0.29) is 10.9 Å². The smallest absolute Gasteiger partial charge is 0.224 e. The van der Waals surface area contributed by atoms with E-state index in [1.165, 1.54) is 0 Å². The first-order chi connectivity index (χ1) is 9.04. The minimum Gasteiger partial charge on any atom is -0.389 e. The highest BCUT2D eigenvalue weighted by Crippen LogP contribution is 2.21. The van der Waals surface area contributed by atoms with Crippen molar-refractivity contribution in [3.63, 3.8) is 0 Å². The van der Waals surface area contributed by atoms with Crippen molar-refractivity contribution < 1.29 is 9.53 Å². The lowest BCUT2D eigenvalue weighted by Crippen LogP contribution is -2.17. The van der Waals surface area contributed by atoms with E-state index >= 15 is 0 Å². The Morgan fingerprint density at radius 2 is 2.26 bits per heavy atom. The van der Waals surface area contributed by atoms with Crippen LogP contribution in [0.3, 0.4) is 0 Å². The third kappa shape index (κ3) is 5.55. The van der Waals surface area contributed by atoms with Crippen LogP contribution in [0.25, 0.3) is 0 Å². The molecular formula is C13H17ClN2O2S. The standard InChI is InChI=1S/C13H17ClN2O2S/c1-2-18-7-3-4-12(17)16-11-8-9(14)5-6-10(11)13(15)19/h5-6,8H,2-4,7H2,1H3,(H2,15,19)(H,16,17). The summed E-state index contributed by atoms with van der Waals surface area (Å²) in [7, 11) is 0. The maximum atomic E-state index is 11.8. The van der Waals surface area contributed by atoms with Gasteiger partial charge in [-0.05, 0) is 31.5 Å². The predicted molar refractivity (Wildman–Crippen MR) is 81.7 cm³/mol. The molecule has 0 saturated heterocycles. The van der Waals surface area contributed by atoms with Gasteiger partial charge in [0.2, 0.25) is 5.91 Å². The van der Waals surface area contributed by atoms with E-state index < -0.39 is 0 Å². The van der Waals surface area contributed by atoms with E-state index in [1.807, 2.05) is 6.92 Å². The lowest BCUT2D eigenvalue weighted by atomic mass is 10.1. The van der Waals surface area contributed by atoms with Crippen molar-refractivity contribution in [1.29, 1.82) is 0 Å². The number of carbonyl (C=O) groups is 1. The summed E-state index contributed by atoms with van der Waals surface area (Å²) in [5.41, 5.74) is 6.75. The zero-order valence-electron chi connectivity index (χ0n) is 10.7. The number of thiocarbonyl (C=S) groups is 1. The molecule has 0 atom stereocenters. The second-order valence-corrected chi connectivity index (χ2v) is 4.78. The summed E-state index contributed by atoms with van der Waals surface area (Å²) in [6.07, 6.45) is 1.05. The number of benzene rings is 1. The predicted octanol–water partition coefficient (Wildman–Crippen LogP) is 2.73. The molecule has 0 aromatic heterocycles. The molecule has 0 saturated carbocycles. The molecule has 3 N–H and O–H groups in total. The first-order valence-electron chi connectivity index (χ1n) is 6.01. The van der Waals surface area contributed by atoms with Crippen LogP contribution in [-0.4, -0.2) is 24.1 Å². The Kier molecular flexibility index (Phi) is 6.77. The van der Waals surface area contributed by atoms with Gasteiger partial charge in [0.15, 0.2) is 0 Å². The Morgan fingerprint density at radius 1 is 1.53 bits per heavy atom. The Labute approximate surface area is 123 Å². The fourth-order valence-electron chi connectivity index (χ4n) is 1.53. The van der Waals surface area contributed by atoms with Crippen LogP contribution in [0.15, 0.2) is 18.2 Å². The van der Waals surface area contributed by atoms with E-state index in [9.17, 15) is 4.79 Å². The van der Waals surface area contributed by atoms with Crippen LogP contribution >= 0.6 is 23.8 Å². The van der Waals surface area contributed by atoms with Crippen LogP contribution in [0, 0.1) is 0 Å². The Morgan fingerprint density at radius 3 is 2.89 bits per heavy atom. The SMILES string of the molecule is CCOCCCC(=O)Nc1cc(Cl)ccc1C(N)=S. The summed E-state index contributed by atoms with van der Waals surface area (Å²) in [5.74, 6) is -0.112. The minimum atomic E-state index is -0.112. The number of rotatable bonds is 7. The quantitative estimate of drug-likeness (QED) is 0.600. The number of nitrogens with one attached hydrogen (secondary N) is 1. The number of anilines is 1. The Hall–Kier alpha value is -1.17. The normalized spacial score (nSPS) is 10.2. The van der Waals surface area contributed by atoms with Gasteiger partial charge in [-0.3, -0.25) is 4.79 Å². The number of carbonyl (C=O) groups excluding carboxylic acids is 1. The van der Waals surface area contributed by atoms with Gasteiger partial charge in [0.1, 0.15) is 4.99 Å².